The standard InChI is InChI=1S/C23H37N3O5/c1-9-12-26(18(28)14-24-21(30)31-23(6,7)8)19(20(29)25-22(3,4)5)16-10-11-17(27)15(2)13-16/h10-11,13,19,27H,9,12,14H2,1-8H3,(H,24,30)(H,25,29). The molecule has 0 aliphatic rings. The molecule has 3 N–H and O–H groups in total. The lowest BCUT2D eigenvalue weighted by molar-refractivity contribution is -0.141. The molecule has 0 aliphatic carbocycles. The van der Waals surface area contributed by atoms with Gasteiger partial charge in [0.1, 0.15) is 23.9 Å². The molecule has 31 heavy (non-hydrogen) atoms. The Hall–Kier alpha value is -2.77. The molecule has 0 spiro atoms. The van der Waals surface area contributed by atoms with Gasteiger partial charge in [0, 0.05) is 12.1 Å². The Kier molecular flexibility index (Phi) is 8.90. The quantitative estimate of drug-likeness (QED) is 0.608. The molecule has 0 aromatic heterocycles. The number of rotatable bonds is 7. The maximum absolute atomic E-state index is 13.2. The van der Waals surface area contributed by atoms with E-state index < -0.39 is 29.2 Å². The topological polar surface area (TPSA) is 108 Å². The molecule has 3 amide bonds. The summed E-state index contributed by atoms with van der Waals surface area (Å²) < 4.78 is 5.19. The van der Waals surface area contributed by atoms with E-state index in [1.165, 1.54) is 11.0 Å². The van der Waals surface area contributed by atoms with Crippen LogP contribution in [-0.2, 0) is 14.3 Å². The number of phenolic OH excluding ortho intramolecular Hbond substituents is 1. The van der Waals surface area contributed by atoms with Crippen molar-refractivity contribution in [1.82, 2.24) is 15.5 Å². The van der Waals surface area contributed by atoms with Crippen LogP contribution in [-0.4, -0.2) is 52.1 Å². The van der Waals surface area contributed by atoms with E-state index in [0.29, 0.717) is 24.1 Å². The van der Waals surface area contributed by atoms with Gasteiger partial charge in [-0.1, -0.05) is 13.0 Å². The van der Waals surface area contributed by atoms with E-state index in [-0.39, 0.29) is 18.2 Å². The van der Waals surface area contributed by atoms with E-state index in [9.17, 15) is 19.5 Å². The molecule has 0 fully saturated rings. The maximum atomic E-state index is 13.2. The van der Waals surface area contributed by atoms with Crippen LogP contribution < -0.4 is 10.6 Å². The first-order valence-corrected chi connectivity index (χ1v) is 10.5. The molecule has 1 atom stereocenters. The summed E-state index contributed by atoms with van der Waals surface area (Å²) in [6.07, 6.45) is -0.0809. The zero-order valence-electron chi connectivity index (χ0n) is 20.0. The zero-order valence-corrected chi connectivity index (χ0v) is 20.0. The molecule has 1 aromatic carbocycles. The second kappa shape index (κ2) is 10.5. The van der Waals surface area contributed by atoms with Crippen molar-refractivity contribution in [2.45, 2.75) is 79.0 Å². The van der Waals surface area contributed by atoms with E-state index in [1.807, 2.05) is 27.7 Å². The van der Waals surface area contributed by atoms with Crippen molar-refractivity contribution in [2.75, 3.05) is 13.1 Å². The van der Waals surface area contributed by atoms with Crippen molar-refractivity contribution < 1.29 is 24.2 Å². The fourth-order valence-electron chi connectivity index (χ4n) is 2.96. The molecule has 0 heterocycles. The lowest BCUT2D eigenvalue weighted by Crippen LogP contribution is -2.51. The minimum Gasteiger partial charge on any atom is -0.508 e. The van der Waals surface area contributed by atoms with Gasteiger partial charge in [-0.25, -0.2) is 4.79 Å². The summed E-state index contributed by atoms with van der Waals surface area (Å²) in [7, 11) is 0. The van der Waals surface area contributed by atoms with Gasteiger partial charge >= 0.3 is 6.09 Å². The van der Waals surface area contributed by atoms with Gasteiger partial charge in [-0.05, 0) is 78.1 Å². The monoisotopic (exact) mass is 435 g/mol. The number of hydrogen-bond donors (Lipinski definition) is 3. The predicted octanol–water partition coefficient (Wildman–Crippen LogP) is 3.42. The van der Waals surface area contributed by atoms with Gasteiger partial charge in [-0.15, -0.1) is 0 Å². The number of carbonyl (C=O) groups excluding carboxylic acids is 3. The fourth-order valence-corrected chi connectivity index (χ4v) is 2.96. The van der Waals surface area contributed by atoms with E-state index in [1.54, 1.807) is 39.8 Å². The highest BCUT2D eigenvalue weighted by atomic mass is 16.6. The number of nitrogens with zero attached hydrogens (tertiary/aromatic N) is 1. The smallest absolute Gasteiger partial charge is 0.408 e. The molecule has 0 bridgehead atoms. The number of carbonyl (C=O) groups is 3. The first-order chi connectivity index (χ1) is 14.1. The molecule has 1 unspecified atom stereocenters. The third-order valence-electron chi connectivity index (χ3n) is 4.16. The molecule has 1 aromatic rings. The number of phenols is 1. The van der Waals surface area contributed by atoms with Crippen molar-refractivity contribution in [1.29, 1.82) is 0 Å². The van der Waals surface area contributed by atoms with Gasteiger partial charge in [0.2, 0.25) is 11.8 Å². The zero-order chi connectivity index (χ0) is 24.0. The molecular formula is C23H37N3O5. The Bertz CT molecular complexity index is 793. The Morgan fingerprint density at radius 1 is 1.13 bits per heavy atom. The van der Waals surface area contributed by atoms with Crippen LogP contribution in [0.25, 0.3) is 0 Å². The highest BCUT2D eigenvalue weighted by molar-refractivity contribution is 5.90. The van der Waals surface area contributed by atoms with Gasteiger partial charge < -0.3 is 25.4 Å². The van der Waals surface area contributed by atoms with Gasteiger partial charge in [-0.2, -0.15) is 0 Å². The Morgan fingerprint density at radius 2 is 1.74 bits per heavy atom. The van der Waals surface area contributed by atoms with E-state index >= 15 is 0 Å². The average Bonchev–Trinajstić information content (AvgIpc) is 2.59. The Labute approximate surface area is 185 Å². The van der Waals surface area contributed by atoms with Crippen LogP contribution in [0.1, 0.15) is 72.1 Å². The molecule has 0 radical (unpaired) electrons. The largest absolute Gasteiger partial charge is 0.508 e. The molecule has 0 saturated carbocycles. The van der Waals surface area contributed by atoms with Crippen LogP contribution in [0.2, 0.25) is 0 Å². The third-order valence-corrected chi connectivity index (χ3v) is 4.16. The summed E-state index contributed by atoms with van der Waals surface area (Å²) in [5, 5.41) is 15.3. The SMILES string of the molecule is CCCN(C(=O)CNC(=O)OC(C)(C)C)C(C(=O)NC(C)(C)C)c1ccc(O)c(C)c1. The first-order valence-electron chi connectivity index (χ1n) is 10.5. The molecule has 0 saturated heterocycles. The summed E-state index contributed by atoms with van der Waals surface area (Å²) in [4.78, 5) is 39.7. The number of benzene rings is 1. The second-order valence-corrected chi connectivity index (χ2v) is 9.63. The molecule has 174 valence electrons. The molecule has 8 heteroatoms. The van der Waals surface area contributed by atoms with Gasteiger partial charge in [-0.3, -0.25) is 9.59 Å². The fraction of sp³-hybridized carbons (Fsp3) is 0.609. The van der Waals surface area contributed by atoms with E-state index in [2.05, 4.69) is 10.6 Å². The van der Waals surface area contributed by atoms with Crippen LogP contribution in [0, 0.1) is 6.92 Å². The molecular weight excluding hydrogens is 398 g/mol. The highest BCUT2D eigenvalue weighted by Gasteiger charge is 2.33. The number of aromatic hydroxyl groups is 1. The van der Waals surface area contributed by atoms with Gasteiger partial charge in [0.25, 0.3) is 0 Å². The summed E-state index contributed by atoms with van der Waals surface area (Å²) >= 11 is 0. The Morgan fingerprint density at radius 3 is 2.23 bits per heavy atom. The van der Waals surface area contributed by atoms with Crippen LogP contribution in [0.5, 0.6) is 5.75 Å². The van der Waals surface area contributed by atoms with Crippen LogP contribution in [0.3, 0.4) is 0 Å². The van der Waals surface area contributed by atoms with Crippen LogP contribution in [0.4, 0.5) is 4.79 Å². The average molecular weight is 436 g/mol. The van der Waals surface area contributed by atoms with Crippen molar-refractivity contribution in [2.24, 2.45) is 0 Å². The number of amides is 3. The predicted molar refractivity (Wildman–Crippen MR) is 120 cm³/mol. The lowest BCUT2D eigenvalue weighted by Gasteiger charge is -2.34. The van der Waals surface area contributed by atoms with Crippen LogP contribution >= 0.6 is 0 Å². The second-order valence-electron chi connectivity index (χ2n) is 9.63. The van der Waals surface area contributed by atoms with Crippen molar-refractivity contribution in [3.05, 3.63) is 29.3 Å². The normalized spacial score (nSPS) is 12.6. The summed E-state index contributed by atoms with van der Waals surface area (Å²) in [5.74, 6) is -0.636. The number of aryl methyl sites for hydroxylation is 1. The van der Waals surface area contributed by atoms with Crippen molar-refractivity contribution >= 4 is 17.9 Å². The number of nitrogens with one attached hydrogen (secondary N) is 2. The summed E-state index contributed by atoms with van der Waals surface area (Å²) in [6, 6.07) is 3.92. The minimum absolute atomic E-state index is 0.110. The maximum Gasteiger partial charge on any atom is 0.408 e. The van der Waals surface area contributed by atoms with E-state index in [4.69, 9.17) is 4.74 Å². The molecule has 8 nitrogen and oxygen atoms in total. The number of hydrogen-bond acceptors (Lipinski definition) is 5. The number of ether oxygens (including phenoxy) is 1. The van der Waals surface area contributed by atoms with Crippen LogP contribution in [0.15, 0.2) is 18.2 Å². The third kappa shape index (κ3) is 8.86. The highest BCUT2D eigenvalue weighted by Crippen LogP contribution is 2.27. The Balaban J connectivity index is 3.22. The summed E-state index contributed by atoms with van der Waals surface area (Å²) in [5.41, 5.74) is -0.00990. The summed E-state index contributed by atoms with van der Waals surface area (Å²) in [6.45, 7) is 14.4. The number of alkyl carbamates (subject to hydrolysis) is 1. The first kappa shape index (κ1) is 26.3. The molecule has 0 aliphatic heterocycles. The van der Waals surface area contributed by atoms with Gasteiger partial charge in [0.05, 0.1) is 0 Å². The lowest BCUT2D eigenvalue weighted by atomic mass is 9.99. The van der Waals surface area contributed by atoms with Gasteiger partial charge in [0.15, 0.2) is 0 Å². The van der Waals surface area contributed by atoms with Crippen molar-refractivity contribution in [3.8, 4) is 5.75 Å². The van der Waals surface area contributed by atoms with Crippen molar-refractivity contribution in [3.63, 3.8) is 0 Å². The van der Waals surface area contributed by atoms with E-state index in [0.717, 1.165) is 0 Å². The molecule has 1 rings (SSSR count). The minimum atomic E-state index is -0.911.